The molecule has 2 N–H and O–H groups in total. The average Bonchev–Trinajstić information content (AvgIpc) is 3.00. The van der Waals surface area contributed by atoms with Crippen LogP contribution in [0, 0.1) is 0 Å². The molecule has 0 aliphatic rings. The lowest BCUT2D eigenvalue weighted by atomic mass is 10.2. The Hall–Kier alpha value is -2.50. The van der Waals surface area contributed by atoms with Crippen LogP contribution >= 0.6 is 0 Å². The summed E-state index contributed by atoms with van der Waals surface area (Å²) < 4.78 is 6.99. The number of alkyl carbamates (subject to hydrolysis) is 1. The topological polar surface area (TPSA) is 68.2 Å². The number of rotatable bonds is 6. The van der Waals surface area contributed by atoms with Crippen LogP contribution < -0.4 is 10.6 Å². The maximum Gasteiger partial charge on any atom is 0.407 e. The van der Waals surface area contributed by atoms with Crippen molar-refractivity contribution in [2.24, 2.45) is 0 Å². The Morgan fingerprint density at radius 3 is 2.57 bits per heavy atom. The van der Waals surface area contributed by atoms with Crippen LogP contribution in [0.4, 0.5) is 10.5 Å². The number of nitrogens with one attached hydrogen (secondary N) is 2. The summed E-state index contributed by atoms with van der Waals surface area (Å²) in [4.78, 5) is 11.5. The molecule has 0 saturated heterocycles. The highest BCUT2D eigenvalue weighted by Gasteiger charge is 2.15. The molecule has 0 atom stereocenters. The summed E-state index contributed by atoms with van der Waals surface area (Å²) in [5.74, 6) is 0. The quantitative estimate of drug-likeness (QED) is 0.803. The van der Waals surface area contributed by atoms with Crippen LogP contribution in [0.3, 0.4) is 0 Å². The van der Waals surface area contributed by atoms with Crippen molar-refractivity contribution in [1.82, 2.24) is 15.1 Å². The van der Waals surface area contributed by atoms with Crippen LogP contribution in [0.15, 0.2) is 42.7 Å². The monoisotopic (exact) mass is 316 g/mol. The number of aromatic nitrogens is 2. The third-order valence-electron chi connectivity index (χ3n) is 2.99. The number of amides is 1. The molecule has 0 saturated carbocycles. The minimum atomic E-state index is -0.460. The molecule has 1 heterocycles. The van der Waals surface area contributed by atoms with Crippen LogP contribution in [0.2, 0.25) is 0 Å². The van der Waals surface area contributed by atoms with E-state index >= 15 is 0 Å². The Morgan fingerprint density at radius 1 is 1.22 bits per heavy atom. The third-order valence-corrected chi connectivity index (χ3v) is 2.99. The van der Waals surface area contributed by atoms with Gasteiger partial charge in [0.2, 0.25) is 0 Å². The maximum atomic E-state index is 11.5. The Bertz CT molecular complexity index is 601. The van der Waals surface area contributed by atoms with Gasteiger partial charge in [-0.1, -0.05) is 0 Å². The molecule has 23 heavy (non-hydrogen) atoms. The number of anilines is 1. The lowest BCUT2D eigenvalue weighted by molar-refractivity contribution is 0.0528. The first kappa shape index (κ1) is 16.9. The zero-order chi connectivity index (χ0) is 16.7. The number of carbonyl (C=O) groups is 1. The normalized spacial score (nSPS) is 11.1. The highest BCUT2D eigenvalue weighted by Crippen LogP contribution is 2.12. The minimum Gasteiger partial charge on any atom is -0.444 e. The molecule has 0 unspecified atom stereocenters. The molecule has 0 fully saturated rings. The lowest BCUT2D eigenvalue weighted by Crippen LogP contribution is -2.33. The van der Waals surface area contributed by atoms with Gasteiger partial charge in [-0.05, 0) is 57.5 Å². The molecule has 2 rings (SSSR count). The van der Waals surface area contributed by atoms with E-state index in [2.05, 4.69) is 15.7 Å². The largest absolute Gasteiger partial charge is 0.444 e. The second-order valence-electron chi connectivity index (χ2n) is 6.21. The van der Waals surface area contributed by atoms with Crippen molar-refractivity contribution < 1.29 is 9.53 Å². The minimum absolute atomic E-state index is 0.374. The first-order valence-electron chi connectivity index (χ1n) is 7.75. The number of benzene rings is 1. The van der Waals surface area contributed by atoms with Crippen molar-refractivity contribution in [3.8, 4) is 5.69 Å². The molecule has 0 bridgehead atoms. The van der Waals surface area contributed by atoms with Crippen molar-refractivity contribution in [2.45, 2.75) is 32.8 Å². The molecule has 0 aliphatic carbocycles. The summed E-state index contributed by atoms with van der Waals surface area (Å²) in [6, 6.07) is 9.93. The zero-order valence-corrected chi connectivity index (χ0v) is 13.9. The Balaban J connectivity index is 1.66. The van der Waals surface area contributed by atoms with Crippen LogP contribution in [-0.4, -0.2) is 34.6 Å². The van der Waals surface area contributed by atoms with E-state index in [0.717, 1.165) is 24.3 Å². The van der Waals surface area contributed by atoms with Crippen LogP contribution in [0.5, 0.6) is 0 Å². The predicted molar refractivity (Wildman–Crippen MR) is 90.9 cm³/mol. The third kappa shape index (κ3) is 6.02. The molecule has 6 heteroatoms. The van der Waals surface area contributed by atoms with Crippen molar-refractivity contribution in [2.75, 3.05) is 18.4 Å². The molecule has 0 radical (unpaired) electrons. The molecular weight excluding hydrogens is 292 g/mol. The van der Waals surface area contributed by atoms with Crippen LogP contribution in [0.1, 0.15) is 27.2 Å². The van der Waals surface area contributed by atoms with E-state index in [4.69, 9.17) is 4.74 Å². The molecule has 1 aromatic heterocycles. The highest BCUT2D eigenvalue weighted by atomic mass is 16.6. The van der Waals surface area contributed by atoms with Gasteiger partial charge in [0.05, 0.1) is 5.69 Å². The highest BCUT2D eigenvalue weighted by molar-refractivity contribution is 5.67. The van der Waals surface area contributed by atoms with Gasteiger partial charge in [-0.25, -0.2) is 9.48 Å². The Labute approximate surface area is 136 Å². The summed E-state index contributed by atoms with van der Waals surface area (Å²) in [5.41, 5.74) is 1.60. The van der Waals surface area contributed by atoms with Crippen LogP contribution in [0.25, 0.3) is 5.69 Å². The Kier molecular flexibility index (Phi) is 5.62. The molecular formula is C17H24N4O2. The number of ether oxygens (including phenoxy) is 1. The van der Waals surface area contributed by atoms with E-state index in [1.165, 1.54) is 0 Å². The summed E-state index contributed by atoms with van der Waals surface area (Å²) in [7, 11) is 0. The molecule has 124 valence electrons. The van der Waals surface area contributed by atoms with E-state index in [0.29, 0.717) is 6.54 Å². The first-order chi connectivity index (χ1) is 10.9. The summed E-state index contributed by atoms with van der Waals surface area (Å²) in [6.45, 7) is 6.90. The average molecular weight is 316 g/mol. The number of nitrogens with zero attached hydrogens (tertiary/aromatic N) is 2. The van der Waals surface area contributed by atoms with Gasteiger partial charge >= 0.3 is 6.09 Å². The fourth-order valence-corrected chi connectivity index (χ4v) is 1.98. The molecule has 1 aromatic carbocycles. The summed E-state index contributed by atoms with van der Waals surface area (Å²) in [6.07, 6.45) is 4.11. The van der Waals surface area contributed by atoms with E-state index in [-0.39, 0.29) is 6.09 Å². The van der Waals surface area contributed by atoms with E-state index < -0.39 is 5.60 Å². The molecule has 0 spiro atoms. The standard InChI is InChI=1S/C17H24N4O2/c1-17(2,3)23-16(22)19-11-4-10-18-14-6-8-15(9-7-14)21-13-5-12-20-21/h5-9,12-13,18H,4,10-11H2,1-3H3,(H,19,22). The van der Waals surface area contributed by atoms with Gasteiger partial charge in [-0.3, -0.25) is 0 Å². The predicted octanol–water partition coefficient (Wildman–Crippen LogP) is 3.20. The van der Waals surface area contributed by atoms with Gasteiger partial charge in [0, 0.05) is 31.2 Å². The summed E-state index contributed by atoms with van der Waals surface area (Å²) >= 11 is 0. The van der Waals surface area contributed by atoms with Gasteiger partial charge in [0.15, 0.2) is 0 Å². The molecule has 2 aromatic rings. The number of hydrogen-bond donors (Lipinski definition) is 2. The smallest absolute Gasteiger partial charge is 0.407 e. The molecule has 1 amide bonds. The first-order valence-corrected chi connectivity index (χ1v) is 7.75. The SMILES string of the molecule is CC(C)(C)OC(=O)NCCCNc1ccc(-n2cccn2)cc1. The fourth-order valence-electron chi connectivity index (χ4n) is 1.98. The maximum absolute atomic E-state index is 11.5. The van der Waals surface area contributed by atoms with Gasteiger partial charge in [0.25, 0.3) is 0 Å². The number of carbonyl (C=O) groups excluding carboxylic acids is 1. The zero-order valence-electron chi connectivity index (χ0n) is 13.9. The van der Waals surface area contributed by atoms with Crippen molar-refractivity contribution in [3.05, 3.63) is 42.7 Å². The Morgan fingerprint density at radius 2 is 1.96 bits per heavy atom. The number of hydrogen-bond acceptors (Lipinski definition) is 4. The van der Waals surface area contributed by atoms with Gasteiger partial charge in [0.1, 0.15) is 5.60 Å². The van der Waals surface area contributed by atoms with Crippen molar-refractivity contribution in [3.63, 3.8) is 0 Å². The van der Waals surface area contributed by atoms with Gasteiger partial charge in [-0.2, -0.15) is 5.10 Å². The second kappa shape index (κ2) is 7.67. The van der Waals surface area contributed by atoms with E-state index in [9.17, 15) is 4.79 Å². The van der Waals surface area contributed by atoms with Gasteiger partial charge < -0.3 is 15.4 Å². The summed E-state index contributed by atoms with van der Waals surface area (Å²) in [5, 5.41) is 10.2. The second-order valence-corrected chi connectivity index (χ2v) is 6.21. The lowest BCUT2D eigenvalue weighted by Gasteiger charge is -2.19. The van der Waals surface area contributed by atoms with E-state index in [1.54, 1.807) is 6.20 Å². The van der Waals surface area contributed by atoms with E-state index in [1.807, 2.05) is 62.0 Å². The van der Waals surface area contributed by atoms with Crippen LogP contribution in [-0.2, 0) is 4.74 Å². The fraction of sp³-hybridized carbons (Fsp3) is 0.412. The molecule has 6 nitrogen and oxygen atoms in total. The van der Waals surface area contributed by atoms with Gasteiger partial charge in [-0.15, -0.1) is 0 Å². The van der Waals surface area contributed by atoms with Crippen molar-refractivity contribution in [1.29, 1.82) is 0 Å². The van der Waals surface area contributed by atoms with Crippen molar-refractivity contribution >= 4 is 11.8 Å². The molecule has 0 aliphatic heterocycles.